The maximum Gasteiger partial charge on any atom is 0.167 e. The number of nitrogens with zero attached hydrogens (tertiary/aromatic N) is 3. The van der Waals surface area contributed by atoms with E-state index in [2.05, 4.69) is 46.8 Å². The van der Waals surface area contributed by atoms with Crippen molar-refractivity contribution in [3.8, 4) is 11.8 Å². The summed E-state index contributed by atoms with van der Waals surface area (Å²) in [4.78, 5) is 20.0. The van der Waals surface area contributed by atoms with Crippen LogP contribution < -0.4 is 0 Å². The Kier molecular flexibility index (Phi) is 6.76. The predicted molar refractivity (Wildman–Crippen MR) is 138 cm³/mol. The van der Waals surface area contributed by atoms with Gasteiger partial charge in [-0.25, -0.2) is 4.98 Å². The van der Waals surface area contributed by atoms with Crippen molar-refractivity contribution in [3.63, 3.8) is 0 Å². The largest absolute Gasteiger partial charge is 0.379 e. The molecular formula is C30H29N3O2. The molecule has 176 valence electrons. The third-order valence-electron chi connectivity index (χ3n) is 6.37. The zero-order chi connectivity index (χ0) is 24.2. The molecule has 0 N–H and O–H groups in total. The molecule has 35 heavy (non-hydrogen) atoms. The van der Waals surface area contributed by atoms with Gasteiger partial charge in [-0.3, -0.25) is 14.1 Å². The van der Waals surface area contributed by atoms with Crippen LogP contribution in [0, 0.1) is 25.7 Å². The van der Waals surface area contributed by atoms with Crippen LogP contribution in [-0.2, 0) is 17.7 Å². The number of morpholine rings is 1. The lowest BCUT2D eigenvalue weighted by Crippen LogP contribution is -2.35. The van der Waals surface area contributed by atoms with Crippen molar-refractivity contribution < 1.29 is 9.53 Å². The number of benzene rings is 2. The van der Waals surface area contributed by atoms with Crippen LogP contribution in [0.2, 0.25) is 0 Å². The van der Waals surface area contributed by atoms with Gasteiger partial charge in [-0.05, 0) is 54.7 Å². The predicted octanol–water partition coefficient (Wildman–Crippen LogP) is 4.61. The summed E-state index contributed by atoms with van der Waals surface area (Å²) in [6.07, 6.45) is 4.11. The van der Waals surface area contributed by atoms with E-state index < -0.39 is 0 Å². The van der Waals surface area contributed by atoms with Crippen molar-refractivity contribution in [2.45, 2.75) is 26.8 Å². The number of fused-ring (bicyclic) bond motifs is 1. The van der Waals surface area contributed by atoms with E-state index in [1.165, 1.54) is 11.1 Å². The second kappa shape index (κ2) is 10.3. The van der Waals surface area contributed by atoms with E-state index in [1.54, 1.807) is 6.20 Å². The fourth-order valence-corrected chi connectivity index (χ4v) is 4.53. The highest BCUT2D eigenvalue weighted by molar-refractivity contribution is 5.98. The Balaban J connectivity index is 1.34. The smallest absolute Gasteiger partial charge is 0.167 e. The number of aromatic nitrogens is 2. The molecule has 4 aromatic rings. The van der Waals surface area contributed by atoms with Crippen molar-refractivity contribution in [3.05, 3.63) is 106 Å². The van der Waals surface area contributed by atoms with Gasteiger partial charge < -0.3 is 4.74 Å². The third-order valence-corrected chi connectivity index (χ3v) is 6.37. The van der Waals surface area contributed by atoms with E-state index in [4.69, 9.17) is 4.74 Å². The highest BCUT2D eigenvalue weighted by Gasteiger charge is 2.13. The van der Waals surface area contributed by atoms with Crippen molar-refractivity contribution in [1.82, 2.24) is 14.3 Å². The summed E-state index contributed by atoms with van der Waals surface area (Å²) >= 11 is 0. The first kappa shape index (κ1) is 23.0. The number of pyridine rings is 1. The molecule has 1 aliphatic rings. The van der Waals surface area contributed by atoms with Crippen LogP contribution in [0.3, 0.4) is 0 Å². The number of aryl methyl sites for hydroxylation is 2. The Hall–Kier alpha value is -3.72. The summed E-state index contributed by atoms with van der Waals surface area (Å²) in [6.45, 7) is 8.47. The molecule has 1 saturated heterocycles. The van der Waals surface area contributed by atoms with Gasteiger partial charge >= 0.3 is 0 Å². The van der Waals surface area contributed by atoms with Crippen molar-refractivity contribution in [1.29, 1.82) is 0 Å². The summed E-state index contributed by atoms with van der Waals surface area (Å²) < 4.78 is 7.42. The SMILES string of the molecule is Cc1cc(CC(=O)c2ccc(C)c(C#Cc3cnc4ccccn34)c2)cc(CN2CCOCC2)c1. The highest BCUT2D eigenvalue weighted by Crippen LogP contribution is 2.17. The van der Waals surface area contributed by atoms with Gasteiger partial charge in [0.2, 0.25) is 0 Å². The average Bonchev–Trinajstić information content (AvgIpc) is 3.27. The number of ketones is 1. The zero-order valence-electron chi connectivity index (χ0n) is 20.3. The van der Waals surface area contributed by atoms with E-state index in [9.17, 15) is 4.79 Å². The molecule has 0 saturated carbocycles. The van der Waals surface area contributed by atoms with Crippen LogP contribution in [0.15, 0.2) is 67.0 Å². The number of Topliss-reactive ketones (excluding diaryl/α,β-unsaturated/α-hetero) is 1. The summed E-state index contributed by atoms with van der Waals surface area (Å²) in [5, 5.41) is 0. The number of ether oxygens (including phenoxy) is 1. The molecule has 3 heterocycles. The van der Waals surface area contributed by atoms with Gasteiger partial charge in [0.05, 0.1) is 19.4 Å². The Bertz CT molecular complexity index is 1440. The average molecular weight is 464 g/mol. The van der Waals surface area contributed by atoms with Gasteiger partial charge in [0.25, 0.3) is 0 Å². The first-order valence-corrected chi connectivity index (χ1v) is 12.0. The van der Waals surface area contributed by atoms with Crippen molar-refractivity contribution in [2.75, 3.05) is 26.3 Å². The van der Waals surface area contributed by atoms with E-state index in [-0.39, 0.29) is 5.78 Å². The Morgan fingerprint density at radius 3 is 2.69 bits per heavy atom. The minimum absolute atomic E-state index is 0.103. The number of carbonyl (C=O) groups is 1. The summed E-state index contributed by atoms with van der Waals surface area (Å²) in [5.41, 5.74) is 7.77. The second-order valence-electron chi connectivity index (χ2n) is 9.17. The van der Waals surface area contributed by atoms with Crippen LogP contribution in [0.25, 0.3) is 5.65 Å². The quantitative estimate of drug-likeness (QED) is 0.320. The van der Waals surface area contributed by atoms with Gasteiger partial charge in [0, 0.05) is 43.4 Å². The van der Waals surface area contributed by atoms with Crippen molar-refractivity contribution >= 4 is 11.4 Å². The molecule has 0 unspecified atom stereocenters. The zero-order valence-corrected chi connectivity index (χ0v) is 20.3. The molecule has 1 aliphatic heterocycles. The first-order valence-electron chi connectivity index (χ1n) is 12.0. The van der Waals surface area contributed by atoms with Crippen LogP contribution in [0.5, 0.6) is 0 Å². The van der Waals surface area contributed by atoms with Crippen LogP contribution >= 0.6 is 0 Å². The lowest BCUT2D eigenvalue weighted by molar-refractivity contribution is 0.0342. The molecule has 5 heteroatoms. The summed E-state index contributed by atoms with van der Waals surface area (Å²) in [7, 11) is 0. The molecule has 5 rings (SSSR count). The number of hydrogen-bond donors (Lipinski definition) is 0. The lowest BCUT2D eigenvalue weighted by atomic mass is 9.97. The highest BCUT2D eigenvalue weighted by atomic mass is 16.5. The maximum absolute atomic E-state index is 13.2. The number of rotatable bonds is 5. The maximum atomic E-state index is 13.2. The first-order chi connectivity index (χ1) is 17.0. The Labute approximate surface area is 206 Å². The van der Waals surface area contributed by atoms with Gasteiger partial charge in [0.15, 0.2) is 5.78 Å². The van der Waals surface area contributed by atoms with Crippen molar-refractivity contribution in [2.24, 2.45) is 0 Å². The Morgan fingerprint density at radius 1 is 1.00 bits per heavy atom. The Morgan fingerprint density at radius 2 is 1.83 bits per heavy atom. The molecule has 5 nitrogen and oxygen atoms in total. The fourth-order valence-electron chi connectivity index (χ4n) is 4.53. The van der Waals surface area contributed by atoms with Gasteiger partial charge in [0.1, 0.15) is 11.3 Å². The third kappa shape index (κ3) is 5.51. The summed E-state index contributed by atoms with van der Waals surface area (Å²) in [6, 6.07) is 18.2. The number of carbonyl (C=O) groups excluding carboxylic acids is 1. The fraction of sp³-hybridized carbons (Fsp3) is 0.267. The number of hydrogen-bond acceptors (Lipinski definition) is 4. The molecule has 0 spiro atoms. The molecule has 2 aromatic heterocycles. The standard InChI is InChI=1S/C30H29N3O2/c1-22-15-24(17-25(16-22)21-32-11-13-35-14-12-32)18-29(34)27-7-6-23(2)26(19-27)8-9-28-20-31-30-5-3-4-10-33(28)30/h3-7,10,15-17,19-20H,11-14,18,21H2,1-2H3. The molecule has 2 aromatic carbocycles. The molecule has 1 fully saturated rings. The van der Waals surface area contributed by atoms with E-state index >= 15 is 0 Å². The van der Waals surface area contributed by atoms with Crippen LogP contribution in [-0.4, -0.2) is 46.4 Å². The molecule has 0 aliphatic carbocycles. The van der Waals surface area contributed by atoms with Crippen LogP contribution in [0.1, 0.15) is 43.9 Å². The van der Waals surface area contributed by atoms with E-state index in [0.717, 1.165) is 60.9 Å². The minimum atomic E-state index is 0.103. The lowest BCUT2D eigenvalue weighted by Gasteiger charge is -2.26. The van der Waals surface area contributed by atoms with Gasteiger partial charge in [-0.1, -0.05) is 47.9 Å². The molecule has 0 amide bonds. The van der Waals surface area contributed by atoms with Gasteiger partial charge in [-0.15, -0.1) is 0 Å². The van der Waals surface area contributed by atoms with Gasteiger partial charge in [-0.2, -0.15) is 0 Å². The van der Waals surface area contributed by atoms with E-state index in [0.29, 0.717) is 12.0 Å². The van der Waals surface area contributed by atoms with E-state index in [1.807, 2.05) is 53.9 Å². The summed E-state index contributed by atoms with van der Waals surface area (Å²) in [5.74, 6) is 6.57. The molecule has 0 bridgehead atoms. The molecular weight excluding hydrogens is 434 g/mol. The molecule has 0 atom stereocenters. The monoisotopic (exact) mass is 463 g/mol. The van der Waals surface area contributed by atoms with Crippen LogP contribution in [0.4, 0.5) is 0 Å². The second-order valence-corrected chi connectivity index (χ2v) is 9.17. The number of imidazole rings is 1. The normalized spacial score (nSPS) is 14.0. The molecule has 0 radical (unpaired) electrons. The topological polar surface area (TPSA) is 46.8 Å². The minimum Gasteiger partial charge on any atom is -0.379 e.